The second-order valence-electron chi connectivity index (χ2n) is 5.33. The van der Waals surface area contributed by atoms with Crippen LogP contribution in [0.25, 0.3) is 0 Å². The van der Waals surface area contributed by atoms with Crippen molar-refractivity contribution in [2.45, 2.75) is 45.2 Å². The molecule has 1 fully saturated rings. The molecule has 16 heavy (non-hydrogen) atoms. The molecule has 3 unspecified atom stereocenters. The maximum absolute atomic E-state index is 11.4. The highest BCUT2D eigenvalue weighted by molar-refractivity contribution is 7.91. The van der Waals surface area contributed by atoms with Crippen LogP contribution in [0.5, 0.6) is 0 Å². The summed E-state index contributed by atoms with van der Waals surface area (Å²) in [6, 6.07) is 0.102. The van der Waals surface area contributed by atoms with E-state index in [0.29, 0.717) is 24.6 Å². The first-order valence-electron chi connectivity index (χ1n) is 5.99. The molecule has 96 valence electrons. The predicted molar refractivity (Wildman–Crippen MR) is 67.1 cm³/mol. The van der Waals surface area contributed by atoms with Crippen molar-refractivity contribution in [3.8, 4) is 0 Å². The molecule has 4 nitrogen and oxygen atoms in total. The minimum absolute atomic E-state index is 0.102. The number of hydrogen-bond acceptors (Lipinski definition) is 4. The molecule has 0 spiro atoms. The van der Waals surface area contributed by atoms with Gasteiger partial charge in [-0.3, -0.25) is 0 Å². The second-order valence-corrected chi connectivity index (χ2v) is 7.52. The monoisotopic (exact) mass is 248 g/mol. The molecule has 0 aromatic rings. The van der Waals surface area contributed by atoms with Gasteiger partial charge < -0.3 is 11.1 Å². The SMILES string of the molecule is CCC(C)C(N)CNC1(C)CCS(=O)(=O)C1. The molecule has 0 aliphatic carbocycles. The normalized spacial score (nSPS) is 32.5. The van der Waals surface area contributed by atoms with E-state index in [4.69, 9.17) is 5.73 Å². The first-order valence-corrected chi connectivity index (χ1v) is 7.81. The molecule has 3 atom stereocenters. The summed E-state index contributed by atoms with van der Waals surface area (Å²) in [7, 11) is -2.83. The Balaban J connectivity index is 2.44. The van der Waals surface area contributed by atoms with E-state index in [1.165, 1.54) is 0 Å². The van der Waals surface area contributed by atoms with Gasteiger partial charge in [-0.1, -0.05) is 20.3 Å². The highest BCUT2D eigenvalue weighted by Crippen LogP contribution is 2.22. The molecule has 3 N–H and O–H groups in total. The Morgan fingerprint density at radius 2 is 2.12 bits per heavy atom. The first-order chi connectivity index (χ1) is 7.28. The molecule has 1 rings (SSSR count). The van der Waals surface area contributed by atoms with E-state index < -0.39 is 9.84 Å². The van der Waals surface area contributed by atoms with Gasteiger partial charge in [0.1, 0.15) is 0 Å². The molecular formula is C11H24N2O2S. The number of nitrogens with two attached hydrogens (primary N) is 1. The number of hydrogen-bond donors (Lipinski definition) is 2. The van der Waals surface area contributed by atoms with Gasteiger partial charge in [-0.2, -0.15) is 0 Å². The Labute approximate surface area is 98.9 Å². The van der Waals surface area contributed by atoms with Crippen molar-refractivity contribution in [1.29, 1.82) is 0 Å². The third-order valence-electron chi connectivity index (χ3n) is 3.64. The van der Waals surface area contributed by atoms with Crippen LogP contribution in [-0.4, -0.2) is 38.0 Å². The molecule has 5 heteroatoms. The molecule has 0 aromatic carbocycles. The highest BCUT2D eigenvalue weighted by Gasteiger charge is 2.38. The van der Waals surface area contributed by atoms with Gasteiger partial charge in [0.05, 0.1) is 11.5 Å². The minimum atomic E-state index is -2.83. The van der Waals surface area contributed by atoms with Crippen LogP contribution in [0.3, 0.4) is 0 Å². The lowest BCUT2D eigenvalue weighted by molar-refractivity contribution is 0.342. The quantitative estimate of drug-likeness (QED) is 0.744. The largest absolute Gasteiger partial charge is 0.326 e. The van der Waals surface area contributed by atoms with Gasteiger partial charge in [0.25, 0.3) is 0 Å². The fourth-order valence-corrected chi connectivity index (χ4v) is 4.14. The van der Waals surface area contributed by atoms with Crippen LogP contribution in [0, 0.1) is 5.92 Å². The Morgan fingerprint density at radius 1 is 1.50 bits per heavy atom. The zero-order chi connectivity index (χ0) is 12.4. The fraction of sp³-hybridized carbons (Fsp3) is 1.00. The summed E-state index contributed by atoms with van der Waals surface area (Å²) in [4.78, 5) is 0. The minimum Gasteiger partial charge on any atom is -0.326 e. The van der Waals surface area contributed by atoms with Gasteiger partial charge in [0.15, 0.2) is 9.84 Å². The molecule has 1 saturated heterocycles. The molecule has 0 bridgehead atoms. The fourth-order valence-electron chi connectivity index (χ4n) is 2.02. The zero-order valence-corrected chi connectivity index (χ0v) is 11.3. The highest BCUT2D eigenvalue weighted by atomic mass is 32.2. The predicted octanol–water partition coefficient (Wildman–Crippen LogP) is 0.527. The van der Waals surface area contributed by atoms with Crippen molar-refractivity contribution < 1.29 is 8.42 Å². The molecule has 0 saturated carbocycles. The summed E-state index contributed by atoms with van der Waals surface area (Å²) in [5, 5.41) is 3.32. The van der Waals surface area contributed by atoms with Gasteiger partial charge >= 0.3 is 0 Å². The van der Waals surface area contributed by atoms with Gasteiger partial charge in [-0.05, 0) is 19.3 Å². The van der Waals surface area contributed by atoms with Crippen molar-refractivity contribution in [1.82, 2.24) is 5.32 Å². The zero-order valence-electron chi connectivity index (χ0n) is 10.5. The number of sulfone groups is 1. The van der Waals surface area contributed by atoms with Gasteiger partial charge in [-0.25, -0.2) is 8.42 Å². The van der Waals surface area contributed by atoms with Crippen LogP contribution in [0.4, 0.5) is 0 Å². The molecular weight excluding hydrogens is 224 g/mol. The molecule has 0 radical (unpaired) electrons. The van der Waals surface area contributed by atoms with Crippen molar-refractivity contribution in [3.63, 3.8) is 0 Å². The third kappa shape index (κ3) is 3.71. The van der Waals surface area contributed by atoms with Crippen molar-refractivity contribution in [2.75, 3.05) is 18.1 Å². The van der Waals surface area contributed by atoms with Gasteiger partial charge in [-0.15, -0.1) is 0 Å². The van der Waals surface area contributed by atoms with Gasteiger partial charge in [0, 0.05) is 18.1 Å². The van der Waals surface area contributed by atoms with Crippen molar-refractivity contribution in [2.24, 2.45) is 11.7 Å². The summed E-state index contributed by atoms with van der Waals surface area (Å²) in [5.74, 6) is 1.01. The first kappa shape index (κ1) is 13.9. The third-order valence-corrected chi connectivity index (χ3v) is 5.55. The maximum atomic E-state index is 11.4. The van der Waals surface area contributed by atoms with E-state index in [1.54, 1.807) is 0 Å². The smallest absolute Gasteiger partial charge is 0.152 e. The van der Waals surface area contributed by atoms with Gasteiger partial charge in [0.2, 0.25) is 0 Å². The number of rotatable bonds is 5. The van der Waals surface area contributed by atoms with Crippen LogP contribution in [0.2, 0.25) is 0 Å². The molecule has 1 aliphatic rings. The Kier molecular flexibility index (Phi) is 4.37. The summed E-state index contributed by atoms with van der Waals surface area (Å²) in [6.45, 7) is 6.91. The standard InChI is InChI=1S/C11H24N2O2S/c1-4-9(2)10(12)7-13-11(3)5-6-16(14,15)8-11/h9-10,13H,4-8,12H2,1-3H3. The average molecular weight is 248 g/mol. The van der Waals surface area contributed by atoms with Crippen LogP contribution in [0.15, 0.2) is 0 Å². The Hall–Kier alpha value is -0.130. The molecule has 0 aromatic heterocycles. The Morgan fingerprint density at radius 3 is 2.56 bits per heavy atom. The average Bonchev–Trinajstić information content (AvgIpc) is 2.49. The van der Waals surface area contributed by atoms with E-state index >= 15 is 0 Å². The van der Waals surface area contributed by atoms with E-state index in [2.05, 4.69) is 19.2 Å². The van der Waals surface area contributed by atoms with Crippen molar-refractivity contribution in [3.05, 3.63) is 0 Å². The lowest BCUT2D eigenvalue weighted by Crippen LogP contribution is -2.50. The van der Waals surface area contributed by atoms with Crippen LogP contribution < -0.4 is 11.1 Å². The summed E-state index contributed by atoms with van der Waals surface area (Å²) < 4.78 is 22.8. The molecule has 1 heterocycles. The number of nitrogens with one attached hydrogen (secondary N) is 1. The molecule has 1 aliphatic heterocycles. The summed E-state index contributed by atoms with van der Waals surface area (Å²) in [5.41, 5.74) is 5.75. The lowest BCUT2D eigenvalue weighted by Gasteiger charge is -2.28. The van der Waals surface area contributed by atoms with E-state index in [1.807, 2.05) is 6.92 Å². The second kappa shape index (κ2) is 5.02. The lowest BCUT2D eigenvalue weighted by atomic mass is 9.97. The maximum Gasteiger partial charge on any atom is 0.152 e. The van der Waals surface area contributed by atoms with Crippen molar-refractivity contribution >= 4 is 9.84 Å². The van der Waals surface area contributed by atoms with Crippen LogP contribution in [-0.2, 0) is 9.84 Å². The van der Waals surface area contributed by atoms with Crippen LogP contribution >= 0.6 is 0 Å². The van der Waals surface area contributed by atoms with E-state index in [-0.39, 0.29) is 17.3 Å². The van der Waals surface area contributed by atoms with E-state index in [0.717, 1.165) is 6.42 Å². The van der Waals surface area contributed by atoms with Crippen LogP contribution in [0.1, 0.15) is 33.6 Å². The summed E-state index contributed by atoms with van der Waals surface area (Å²) in [6.07, 6.45) is 1.75. The summed E-state index contributed by atoms with van der Waals surface area (Å²) >= 11 is 0. The Bertz CT molecular complexity index is 329. The topological polar surface area (TPSA) is 72.2 Å². The molecule has 0 amide bonds. The van der Waals surface area contributed by atoms with E-state index in [9.17, 15) is 8.42 Å².